The minimum atomic E-state index is 0.664. The lowest BCUT2D eigenvalue weighted by atomic mass is 9.97. The maximum atomic E-state index is 5.19. The van der Waals surface area contributed by atoms with Crippen molar-refractivity contribution in [3.05, 3.63) is 325 Å². The number of nitrogens with zero attached hydrogens (tertiary/aromatic N) is 2. The van der Waals surface area contributed by atoms with Crippen molar-refractivity contribution in [2.24, 2.45) is 0 Å². The van der Waals surface area contributed by atoms with E-state index in [0.29, 0.717) is 6.61 Å². The van der Waals surface area contributed by atoms with Gasteiger partial charge in [-0.05, 0) is 184 Å². The highest BCUT2D eigenvalue weighted by atomic mass is 16.5. The third kappa shape index (κ3) is 32.6. The average molecular weight is 1470 g/mol. The molecule has 111 heavy (non-hydrogen) atoms. The van der Waals surface area contributed by atoms with E-state index in [2.05, 4.69) is 278 Å². The minimum Gasteiger partial charge on any atom is -0.497 e. The van der Waals surface area contributed by atoms with Gasteiger partial charge in [-0.3, -0.25) is 9.97 Å². The molecule has 0 N–H and O–H groups in total. The van der Waals surface area contributed by atoms with Crippen LogP contribution in [-0.2, 0) is 37.9 Å². The number of benzene rings is 9. The largest absolute Gasteiger partial charge is 0.497 e. The van der Waals surface area contributed by atoms with Gasteiger partial charge in [0.1, 0.15) is 48.1 Å². The van der Waals surface area contributed by atoms with Crippen molar-refractivity contribution in [3.63, 3.8) is 0 Å². The minimum absolute atomic E-state index is 0.664. The summed E-state index contributed by atoms with van der Waals surface area (Å²) in [4.78, 5) is 8.62. The van der Waals surface area contributed by atoms with E-state index >= 15 is 0 Å². The Morgan fingerprint density at radius 1 is 0.261 bits per heavy atom. The number of hydrogen-bond acceptors (Lipinski definition) is 12. The summed E-state index contributed by atoms with van der Waals surface area (Å²) in [7, 11) is 15.8. The van der Waals surface area contributed by atoms with E-state index in [1.54, 1.807) is 55.1 Å². The molecule has 0 saturated carbocycles. The lowest BCUT2D eigenvalue weighted by molar-refractivity contribution is 0.204. The Kier molecular flexibility index (Phi) is 40.0. The summed E-state index contributed by atoms with van der Waals surface area (Å²) in [6, 6.07) is 83.3. The second kappa shape index (κ2) is 51.8. The molecule has 556 valence electrons. The molecule has 0 radical (unpaired) electrons. The average Bonchev–Trinajstić information content (AvgIpc) is 0.822. The predicted octanol–water partition coefficient (Wildman–Crippen LogP) is 20.2. The summed E-state index contributed by atoms with van der Waals surface area (Å²) in [6.07, 6.45) is 31.1. The van der Waals surface area contributed by atoms with Crippen molar-refractivity contribution in [1.29, 1.82) is 0 Å². The van der Waals surface area contributed by atoms with Crippen LogP contribution in [0.4, 0.5) is 0 Å². The van der Waals surface area contributed by atoms with Crippen LogP contribution in [0.25, 0.3) is 78.1 Å². The summed E-state index contributed by atoms with van der Waals surface area (Å²) in [5.74, 6) is 22.9. The second-order valence-corrected chi connectivity index (χ2v) is 23.3. The van der Waals surface area contributed by atoms with Crippen LogP contribution in [0.1, 0.15) is 39.8 Å². The number of methoxy groups -OCH3 is 10. The van der Waals surface area contributed by atoms with Gasteiger partial charge in [0.2, 0.25) is 0 Å². The highest BCUT2D eigenvalue weighted by molar-refractivity contribution is 5.75. The molecule has 0 bridgehead atoms. The molecular weight excluding hydrogens is 1380 g/mol. The quantitative estimate of drug-likeness (QED) is 0.0521. The van der Waals surface area contributed by atoms with Gasteiger partial charge < -0.3 is 47.4 Å². The van der Waals surface area contributed by atoms with E-state index < -0.39 is 0 Å². The molecule has 2 aromatic heterocycles. The van der Waals surface area contributed by atoms with Crippen molar-refractivity contribution in [2.75, 3.05) is 84.3 Å². The molecule has 9 aromatic carbocycles. The molecule has 0 aliphatic heterocycles. The Bertz CT molecular complexity index is 4680. The van der Waals surface area contributed by atoms with E-state index in [0.717, 1.165) is 69.3 Å². The SMILES string of the molecule is COC#CC#CC#COC.COC#Cc1ccc(-c2ccc(C#COC)cc2)cc1.COC#Cc1ccc(-c2ccc(C#COC)cn2)nc1.COC/C=C/C=C/C=C/CCOC.COc1ccc(-c2ccc(-c3ccc(OC)cc3)cc2)cc1.Cc1ccc(-c2ccc(-c3ccc(-c4ccc(C)cc4)cc3)cc2)cc1. The first-order valence-corrected chi connectivity index (χ1v) is 35.0. The molecule has 12 nitrogen and oxygen atoms in total. The lowest BCUT2D eigenvalue weighted by Gasteiger charge is -2.07. The maximum absolute atomic E-state index is 5.19. The van der Waals surface area contributed by atoms with E-state index in [1.807, 2.05) is 127 Å². The standard InChI is InChI=1S/C26H22.C20H18O2.C18H14O2.C16H12N2O2.C11H18O2.C8H6O2/c1-19-3-7-21(8-4-19)23-11-15-25(16-12-23)26-17-13-24(14-18-26)22-9-5-20(2)6-10-22;1-21-19-11-7-17(8-12-19)15-3-5-16(6-4-15)18-9-13-20(22-2)14-10-18;1-19-13-11-15-3-7-17(8-4-15)18-9-5-16(6-10-18)12-14-20-2;1-19-9-7-13-3-5-15(17-11-13)16-6-4-14(12-18-16)8-10-20-2;1-12-10-8-6-4-3-5-7-9-11-13-2;1-9-7-5-3-4-6-8-10-2/h3-18H,1-2H3;3-14H,1-2H3;3-10H,1-2H3;3-6,11-12H,1-2H3;3-8H,9-11H2,1-2H3;1-2H3/b;;;;4-3+,7-5+,8-6+;. The molecule has 0 fully saturated rings. The number of hydrogen-bond donors (Lipinski definition) is 0. The van der Waals surface area contributed by atoms with Gasteiger partial charge in [0, 0.05) is 79.2 Å². The number of ether oxygens (including phenoxy) is 10. The Morgan fingerprint density at radius 2 is 0.523 bits per heavy atom. The molecule has 0 aliphatic rings. The monoisotopic (exact) mass is 1470 g/mol. The van der Waals surface area contributed by atoms with Crippen LogP contribution in [0, 0.1) is 97.8 Å². The van der Waals surface area contributed by atoms with E-state index in [9.17, 15) is 0 Å². The van der Waals surface area contributed by atoms with Gasteiger partial charge in [-0.15, -0.1) is 0 Å². The van der Waals surface area contributed by atoms with Gasteiger partial charge in [0.25, 0.3) is 0 Å². The van der Waals surface area contributed by atoms with Gasteiger partial charge in [0.05, 0.1) is 74.9 Å². The highest BCUT2D eigenvalue weighted by Gasteiger charge is 2.06. The Balaban J connectivity index is 0.000000213. The Morgan fingerprint density at radius 3 is 0.784 bits per heavy atom. The van der Waals surface area contributed by atoms with Crippen molar-refractivity contribution in [2.45, 2.75) is 20.3 Å². The first-order chi connectivity index (χ1) is 54.5. The maximum Gasteiger partial charge on any atom is 0.124 e. The van der Waals surface area contributed by atoms with E-state index in [-0.39, 0.29) is 0 Å². The van der Waals surface area contributed by atoms with Gasteiger partial charge >= 0.3 is 0 Å². The fourth-order valence-corrected chi connectivity index (χ4v) is 9.73. The van der Waals surface area contributed by atoms with Crippen LogP contribution in [0.3, 0.4) is 0 Å². The molecule has 0 unspecified atom stereocenters. The number of aromatic nitrogens is 2. The van der Waals surface area contributed by atoms with E-state index in [1.165, 1.54) is 95.2 Å². The molecule has 0 aliphatic carbocycles. The topological polar surface area (TPSA) is 118 Å². The van der Waals surface area contributed by atoms with Crippen molar-refractivity contribution in [1.82, 2.24) is 9.97 Å². The number of pyridine rings is 2. The van der Waals surface area contributed by atoms with Crippen LogP contribution in [-0.4, -0.2) is 94.3 Å². The molecule has 2 heterocycles. The number of allylic oxidation sites excluding steroid dienone is 4. The predicted molar refractivity (Wildman–Crippen MR) is 451 cm³/mol. The molecule has 0 spiro atoms. The fraction of sp³-hybridized carbons (Fsp3) is 0.152. The first kappa shape index (κ1) is 85.7. The van der Waals surface area contributed by atoms with Crippen molar-refractivity contribution < 1.29 is 47.4 Å². The molecule has 11 rings (SSSR count). The summed E-state index contributed by atoms with van der Waals surface area (Å²) in [6.45, 7) is 5.68. The summed E-state index contributed by atoms with van der Waals surface area (Å²) in [5, 5.41) is 0. The van der Waals surface area contributed by atoms with Gasteiger partial charge in [0.15, 0.2) is 0 Å². The van der Waals surface area contributed by atoms with Crippen LogP contribution in [0.5, 0.6) is 11.5 Å². The second-order valence-electron chi connectivity index (χ2n) is 23.3. The van der Waals surface area contributed by atoms with Gasteiger partial charge in [-0.25, -0.2) is 0 Å². The smallest absolute Gasteiger partial charge is 0.124 e. The van der Waals surface area contributed by atoms with Gasteiger partial charge in [-0.1, -0.05) is 217 Å². The molecule has 0 amide bonds. The highest BCUT2D eigenvalue weighted by Crippen LogP contribution is 2.30. The molecule has 0 saturated heterocycles. The molecule has 12 heteroatoms. The Hall–Kier alpha value is -14.3. The van der Waals surface area contributed by atoms with Crippen LogP contribution in [0.2, 0.25) is 0 Å². The summed E-state index contributed by atoms with van der Waals surface area (Å²) < 4.78 is 47.7. The zero-order valence-electron chi connectivity index (χ0n) is 64.8. The Labute approximate surface area is 656 Å². The summed E-state index contributed by atoms with van der Waals surface area (Å²) in [5.41, 5.74) is 22.1. The lowest BCUT2D eigenvalue weighted by Crippen LogP contribution is -1.89. The zero-order valence-corrected chi connectivity index (χ0v) is 64.8. The first-order valence-electron chi connectivity index (χ1n) is 35.0. The molecule has 11 aromatic rings. The number of rotatable bonds is 16. The third-order valence-corrected chi connectivity index (χ3v) is 15.5. The van der Waals surface area contributed by atoms with Crippen LogP contribution < -0.4 is 9.47 Å². The van der Waals surface area contributed by atoms with Gasteiger partial charge in [-0.2, -0.15) is 0 Å². The van der Waals surface area contributed by atoms with E-state index in [4.69, 9.17) is 28.4 Å². The van der Waals surface area contributed by atoms with Crippen molar-refractivity contribution >= 4 is 0 Å². The summed E-state index contributed by atoms with van der Waals surface area (Å²) >= 11 is 0. The zero-order chi connectivity index (χ0) is 79.1. The normalized spacial score (nSPS) is 9.55. The molecular formula is C99H90N2O10. The van der Waals surface area contributed by atoms with Crippen LogP contribution >= 0.6 is 0 Å². The van der Waals surface area contributed by atoms with Crippen LogP contribution in [0.15, 0.2) is 292 Å². The molecule has 0 atom stereocenters. The number of aryl methyl sites for hydroxylation is 2. The fourth-order valence-electron chi connectivity index (χ4n) is 9.73. The third-order valence-electron chi connectivity index (χ3n) is 15.5. The van der Waals surface area contributed by atoms with Crippen molar-refractivity contribution in [3.8, 4) is 174 Å².